The Labute approximate surface area is 146 Å². The predicted octanol–water partition coefficient (Wildman–Crippen LogP) is 4.23. The molecule has 1 aliphatic rings. The number of rotatable bonds is 3. The molecule has 0 amide bonds. The molecule has 0 atom stereocenters. The maximum Gasteiger partial charge on any atom is 0.573 e. The van der Waals surface area contributed by atoms with E-state index in [0.717, 1.165) is 35.4 Å². The van der Waals surface area contributed by atoms with Crippen LogP contribution >= 0.6 is 0 Å². The Bertz CT molecular complexity index is 900. The van der Waals surface area contributed by atoms with Gasteiger partial charge >= 0.3 is 6.36 Å². The largest absolute Gasteiger partial charge is 0.573 e. The molecular formula is C18H15F3N2O3. The summed E-state index contributed by atoms with van der Waals surface area (Å²) < 4.78 is 51.5. The highest BCUT2D eigenvalue weighted by Gasteiger charge is 2.31. The summed E-state index contributed by atoms with van der Waals surface area (Å²) in [4.78, 5) is 2.10. The number of benzene rings is 2. The van der Waals surface area contributed by atoms with Crippen molar-refractivity contribution < 1.29 is 27.2 Å². The van der Waals surface area contributed by atoms with Crippen molar-refractivity contribution >= 4 is 16.8 Å². The van der Waals surface area contributed by atoms with Crippen LogP contribution in [0.25, 0.3) is 22.1 Å². The van der Waals surface area contributed by atoms with Gasteiger partial charge in [-0.25, -0.2) is 0 Å². The van der Waals surface area contributed by atoms with Crippen LogP contribution in [0.2, 0.25) is 0 Å². The molecule has 26 heavy (non-hydrogen) atoms. The van der Waals surface area contributed by atoms with Gasteiger partial charge in [-0.2, -0.15) is 0 Å². The molecule has 0 radical (unpaired) electrons. The lowest BCUT2D eigenvalue weighted by atomic mass is 10.0. The molecular weight excluding hydrogens is 349 g/mol. The number of alkyl halides is 3. The van der Waals surface area contributed by atoms with E-state index < -0.39 is 6.36 Å². The van der Waals surface area contributed by atoms with Gasteiger partial charge in [0.2, 0.25) is 0 Å². The second-order valence-electron chi connectivity index (χ2n) is 5.89. The molecule has 3 aromatic rings. The van der Waals surface area contributed by atoms with Crippen molar-refractivity contribution in [2.75, 3.05) is 31.2 Å². The summed E-state index contributed by atoms with van der Waals surface area (Å²) in [5.74, 6) is 0.503. The standard InChI is InChI=1S/C18H15F3N2O3/c19-18(20,21)25-14-4-1-12(2-5-14)13-3-6-16-15(11-13)17(22-26-16)23-7-9-24-10-8-23/h1-6,11H,7-10H2. The quantitative estimate of drug-likeness (QED) is 0.696. The Balaban J connectivity index is 1.64. The molecule has 0 aliphatic carbocycles. The van der Waals surface area contributed by atoms with Gasteiger partial charge in [0.15, 0.2) is 11.4 Å². The molecule has 1 aliphatic heterocycles. The van der Waals surface area contributed by atoms with Gasteiger partial charge in [-0.1, -0.05) is 23.4 Å². The zero-order valence-electron chi connectivity index (χ0n) is 13.6. The number of nitrogens with zero attached hydrogens (tertiary/aromatic N) is 2. The van der Waals surface area contributed by atoms with E-state index in [1.54, 1.807) is 12.1 Å². The van der Waals surface area contributed by atoms with E-state index in [9.17, 15) is 13.2 Å². The second kappa shape index (κ2) is 6.53. The zero-order chi connectivity index (χ0) is 18.1. The predicted molar refractivity (Wildman–Crippen MR) is 89.2 cm³/mol. The molecule has 0 unspecified atom stereocenters. The maximum atomic E-state index is 12.3. The third kappa shape index (κ3) is 3.45. The van der Waals surface area contributed by atoms with Crippen molar-refractivity contribution in [1.29, 1.82) is 0 Å². The first-order valence-electron chi connectivity index (χ1n) is 8.08. The van der Waals surface area contributed by atoms with E-state index in [-0.39, 0.29) is 5.75 Å². The highest BCUT2D eigenvalue weighted by molar-refractivity contribution is 5.92. The van der Waals surface area contributed by atoms with Gasteiger partial charge in [0.05, 0.1) is 18.6 Å². The van der Waals surface area contributed by atoms with Gasteiger partial charge < -0.3 is 18.9 Å². The zero-order valence-corrected chi connectivity index (χ0v) is 13.6. The average molecular weight is 364 g/mol. The first-order valence-corrected chi connectivity index (χ1v) is 8.08. The summed E-state index contributed by atoms with van der Waals surface area (Å²) >= 11 is 0. The van der Waals surface area contributed by atoms with E-state index in [1.165, 1.54) is 12.1 Å². The third-order valence-corrected chi connectivity index (χ3v) is 4.18. The summed E-state index contributed by atoms with van der Waals surface area (Å²) in [5.41, 5.74) is 2.29. The average Bonchev–Trinajstić information content (AvgIpc) is 3.05. The van der Waals surface area contributed by atoms with Crippen molar-refractivity contribution in [2.24, 2.45) is 0 Å². The number of aromatic nitrogens is 1. The lowest BCUT2D eigenvalue weighted by molar-refractivity contribution is -0.274. The van der Waals surface area contributed by atoms with Gasteiger partial charge in [-0.05, 0) is 35.4 Å². The van der Waals surface area contributed by atoms with Crippen LogP contribution < -0.4 is 9.64 Å². The van der Waals surface area contributed by atoms with Gasteiger partial charge in [0.1, 0.15) is 5.75 Å². The maximum absolute atomic E-state index is 12.3. The van der Waals surface area contributed by atoms with E-state index >= 15 is 0 Å². The fraction of sp³-hybridized carbons (Fsp3) is 0.278. The molecule has 8 heteroatoms. The van der Waals surface area contributed by atoms with Crippen molar-refractivity contribution in [3.05, 3.63) is 42.5 Å². The van der Waals surface area contributed by atoms with Gasteiger partial charge in [-0.15, -0.1) is 13.2 Å². The van der Waals surface area contributed by atoms with Gasteiger partial charge in [-0.3, -0.25) is 0 Å². The normalized spacial score (nSPS) is 15.4. The van der Waals surface area contributed by atoms with Gasteiger partial charge in [0, 0.05) is 13.1 Å². The highest BCUT2D eigenvalue weighted by atomic mass is 19.4. The number of anilines is 1. The Kier molecular flexibility index (Phi) is 4.20. The van der Waals surface area contributed by atoms with Crippen LogP contribution in [0.15, 0.2) is 47.0 Å². The fourth-order valence-corrected chi connectivity index (χ4v) is 2.96. The van der Waals surface area contributed by atoms with Crippen molar-refractivity contribution in [3.63, 3.8) is 0 Å². The molecule has 1 fully saturated rings. The molecule has 136 valence electrons. The Morgan fingerprint density at radius 1 is 0.962 bits per heavy atom. The summed E-state index contributed by atoms with van der Waals surface area (Å²) in [6, 6.07) is 11.3. The Morgan fingerprint density at radius 3 is 2.35 bits per heavy atom. The molecule has 0 saturated carbocycles. The second-order valence-corrected chi connectivity index (χ2v) is 5.89. The smallest absolute Gasteiger partial charge is 0.406 e. The molecule has 2 aromatic carbocycles. The Morgan fingerprint density at radius 2 is 1.65 bits per heavy atom. The summed E-state index contributed by atoms with van der Waals surface area (Å²) in [5, 5.41) is 5.02. The molecule has 0 N–H and O–H groups in total. The molecule has 1 saturated heterocycles. The van der Waals surface area contributed by atoms with Crippen molar-refractivity contribution in [1.82, 2.24) is 5.16 Å². The molecule has 1 aromatic heterocycles. The first-order chi connectivity index (χ1) is 12.5. The van der Waals surface area contributed by atoms with Crippen LogP contribution in [0.1, 0.15) is 0 Å². The molecule has 0 spiro atoms. The number of hydrogen-bond donors (Lipinski definition) is 0. The minimum absolute atomic E-state index is 0.249. The number of fused-ring (bicyclic) bond motifs is 1. The molecule has 0 bridgehead atoms. The van der Waals surface area contributed by atoms with Crippen LogP contribution in [0.5, 0.6) is 5.75 Å². The number of ether oxygens (including phenoxy) is 2. The summed E-state index contributed by atoms with van der Waals surface area (Å²) in [6.45, 7) is 2.73. The van der Waals surface area contributed by atoms with Gasteiger partial charge in [0.25, 0.3) is 0 Å². The molecule has 5 nitrogen and oxygen atoms in total. The van der Waals surface area contributed by atoms with Crippen LogP contribution in [0.3, 0.4) is 0 Å². The van der Waals surface area contributed by atoms with Crippen molar-refractivity contribution in [3.8, 4) is 16.9 Å². The van der Waals surface area contributed by atoms with Crippen LogP contribution in [0.4, 0.5) is 19.0 Å². The number of morpholine rings is 1. The molecule has 4 rings (SSSR count). The topological polar surface area (TPSA) is 47.7 Å². The highest BCUT2D eigenvalue weighted by Crippen LogP contribution is 2.32. The molecule has 2 heterocycles. The van der Waals surface area contributed by atoms with E-state index in [0.29, 0.717) is 18.8 Å². The van der Waals surface area contributed by atoms with E-state index in [4.69, 9.17) is 9.26 Å². The number of hydrogen-bond acceptors (Lipinski definition) is 5. The van der Waals surface area contributed by atoms with Crippen LogP contribution in [0, 0.1) is 0 Å². The monoisotopic (exact) mass is 364 g/mol. The Hall–Kier alpha value is -2.74. The third-order valence-electron chi connectivity index (χ3n) is 4.18. The van der Waals surface area contributed by atoms with E-state index in [1.807, 2.05) is 18.2 Å². The lowest BCUT2D eigenvalue weighted by Crippen LogP contribution is -2.36. The van der Waals surface area contributed by atoms with Crippen LogP contribution in [-0.4, -0.2) is 37.8 Å². The summed E-state index contributed by atoms with van der Waals surface area (Å²) in [7, 11) is 0. The van der Waals surface area contributed by atoms with Crippen molar-refractivity contribution in [2.45, 2.75) is 6.36 Å². The minimum Gasteiger partial charge on any atom is -0.406 e. The summed E-state index contributed by atoms with van der Waals surface area (Å²) in [6.07, 6.45) is -4.70. The fourth-order valence-electron chi connectivity index (χ4n) is 2.96. The first kappa shape index (κ1) is 16.7. The number of halogens is 3. The lowest BCUT2D eigenvalue weighted by Gasteiger charge is -2.26. The SMILES string of the molecule is FC(F)(F)Oc1ccc(-c2ccc3onc(N4CCOCC4)c3c2)cc1. The van der Waals surface area contributed by atoms with E-state index in [2.05, 4.69) is 14.8 Å². The van der Waals surface area contributed by atoms with Crippen LogP contribution in [-0.2, 0) is 4.74 Å². The minimum atomic E-state index is -4.70.